The van der Waals surface area contributed by atoms with E-state index in [0.29, 0.717) is 5.84 Å². The molecule has 17 heavy (non-hydrogen) atoms. The first-order valence-electron chi connectivity index (χ1n) is 5.72. The molecule has 2 rings (SSSR count). The lowest BCUT2D eigenvalue weighted by atomic mass is 10.2. The second-order valence-corrected chi connectivity index (χ2v) is 4.84. The molecule has 1 N–H and O–H groups in total. The van der Waals surface area contributed by atoms with Crippen LogP contribution in [0.5, 0.6) is 0 Å². The number of thiophene rings is 1. The molecule has 2 nitrogen and oxygen atoms in total. The van der Waals surface area contributed by atoms with Gasteiger partial charge in [0.2, 0.25) is 0 Å². The van der Waals surface area contributed by atoms with Crippen molar-refractivity contribution in [2.45, 2.75) is 13.5 Å². The predicted octanol–water partition coefficient (Wildman–Crippen LogP) is 3.60. The monoisotopic (exact) mass is 244 g/mol. The van der Waals surface area contributed by atoms with Crippen molar-refractivity contribution in [3.8, 4) is 0 Å². The zero-order valence-electron chi connectivity index (χ0n) is 9.89. The predicted molar refractivity (Wildman–Crippen MR) is 73.7 cm³/mol. The molecule has 1 heterocycles. The lowest BCUT2D eigenvalue weighted by Crippen LogP contribution is -2.29. The molecule has 1 aromatic carbocycles. The van der Waals surface area contributed by atoms with E-state index in [2.05, 4.69) is 29.3 Å². The van der Waals surface area contributed by atoms with Crippen molar-refractivity contribution >= 4 is 17.2 Å². The Morgan fingerprint density at radius 1 is 1.18 bits per heavy atom. The van der Waals surface area contributed by atoms with Crippen LogP contribution in [0, 0.1) is 5.41 Å². The number of hydrogen-bond acceptors (Lipinski definition) is 2. The highest BCUT2D eigenvalue weighted by atomic mass is 32.1. The number of benzene rings is 1. The maximum Gasteiger partial charge on any atom is 0.128 e. The second kappa shape index (κ2) is 5.64. The average molecular weight is 244 g/mol. The van der Waals surface area contributed by atoms with Crippen molar-refractivity contribution in [3.63, 3.8) is 0 Å². The van der Waals surface area contributed by atoms with E-state index < -0.39 is 0 Å². The summed E-state index contributed by atoms with van der Waals surface area (Å²) in [7, 11) is 0. The Hall–Kier alpha value is -1.61. The van der Waals surface area contributed by atoms with Crippen molar-refractivity contribution in [2.75, 3.05) is 6.54 Å². The Balaban J connectivity index is 2.11. The molecule has 0 aliphatic rings. The second-order valence-electron chi connectivity index (χ2n) is 3.81. The summed E-state index contributed by atoms with van der Waals surface area (Å²) in [6.07, 6.45) is 0. The van der Waals surface area contributed by atoms with E-state index in [1.165, 1.54) is 4.88 Å². The van der Waals surface area contributed by atoms with Crippen LogP contribution < -0.4 is 0 Å². The smallest absolute Gasteiger partial charge is 0.128 e. The minimum absolute atomic E-state index is 0.599. The topological polar surface area (TPSA) is 27.1 Å². The first kappa shape index (κ1) is 11.9. The van der Waals surface area contributed by atoms with Gasteiger partial charge in [-0.1, -0.05) is 36.4 Å². The summed E-state index contributed by atoms with van der Waals surface area (Å²) in [5.74, 6) is 0.599. The zero-order chi connectivity index (χ0) is 12.1. The van der Waals surface area contributed by atoms with Crippen molar-refractivity contribution in [1.29, 1.82) is 5.41 Å². The van der Waals surface area contributed by atoms with Crippen molar-refractivity contribution in [1.82, 2.24) is 4.90 Å². The first-order valence-corrected chi connectivity index (χ1v) is 6.60. The fourth-order valence-corrected chi connectivity index (χ4v) is 2.44. The fraction of sp³-hybridized carbons (Fsp3) is 0.214. The standard InChI is InChI=1S/C14H16N2S/c1-2-16(11-13-9-6-10-17-13)14(15)12-7-4-3-5-8-12/h3-10,15H,2,11H2,1H3. The molecule has 88 valence electrons. The van der Waals surface area contributed by atoms with Crippen molar-refractivity contribution in [2.24, 2.45) is 0 Å². The van der Waals surface area contributed by atoms with Gasteiger partial charge in [-0.05, 0) is 18.4 Å². The summed E-state index contributed by atoms with van der Waals surface area (Å²) in [4.78, 5) is 3.38. The Morgan fingerprint density at radius 3 is 2.53 bits per heavy atom. The minimum Gasteiger partial charge on any atom is -0.352 e. The summed E-state index contributed by atoms with van der Waals surface area (Å²) in [6.45, 7) is 3.76. The molecular weight excluding hydrogens is 228 g/mol. The fourth-order valence-electron chi connectivity index (χ4n) is 1.72. The minimum atomic E-state index is 0.599. The van der Waals surface area contributed by atoms with Gasteiger partial charge >= 0.3 is 0 Å². The molecule has 0 saturated carbocycles. The Bertz CT molecular complexity index is 462. The highest BCUT2D eigenvalue weighted by Gasteiger charge is 2.10. The average Bonchev–Trinajstić information content (AvgIpc) is 2.89. The zero-order valence-corrected chi connectivity index (χ0v) is 10.7. The number of rotatable bonds is 4. The summed E-state index contributed by atoms with van der Waals surface area (Å²) in [6, 6.07) is 14.1. The maximum absolute atomic E-state index is 8.22. The molecule has 0 amide bonds. The molecule has 0 aliphatic heterocycles. The van der Waals surface area contributed by atoms with Gasteiger partial charge in [0.25, 0.3) is 0 Å². The molecular formula is C14H16N2S. The lowest BCUT2D eigenvalue weighted by molar-refractivity contribution is 0.437. The molecule has 0 radical (unpaired) electrons. The summed E-state index contributed by atoms with van der Waals surface area (Å²) in [5, 5.41) is 10.3. The van der Waals surface area contributed by atoms with Crippen LogP contribution in [0.15, 0.2) is 47.8 Å². The van der Waals surface area contributed by atoms with Gasteiger partial charge in [-0.15, -0.1) is 11.3 Å². The quantitative estimate of drug-likeness (QED) is 0.645. The number of nitrogens with zero attached hydrogens (tertiary/aromatic N) is 1. The van der Waals surface area contributed by atoms with E-state index in [-0.39, 0.29) is 0 Å². The van der Waals surface area contributed by atoms with Gasteiger partial charge in [-0.2, -0.15) is 0 Å². The van der Waals surface area contributed by atoms with Gasteiger partial charge in [0.15, 0.2) is 0 Å². The molecule has 0 fully saturated rings. The van der Waals surface area contributed by atoms with E-state index in [9.17, 15) is 0 Å². The van der Waals surface area contributed by atoms with Crippen LogP contribution in [0.25, 0.3) is 0 Å². The van der Waals surface area contributed by atoms with Crippen molar-refractivity contribution in [3.05, 3.63) is 58.3 Å². The van der Waals surface area contributed by atoms with Gasteiger partial charge < -0.3 is 4.90 Å². The van der Waals surface area contributed by atoms with Gasteiger partial charge in [0.1, 0.15) is 5.84 Å². The van der Waals surface area contributed by atoms with Gasteiger partial charge in [0, 0.05) is 17.0 Å². The SMILES string of the molecule is CCN(Cc1cccs1)C(=N)c1ccccc1. The molecule has 0 bridgehead atoms. The van der Waals surface area contributed by atoms with E-state index in [0.717, 1.165) is 18.7 Å². The van der Waals surface area contributed by atoms with E-state index >= 15 is 0 Å². The van der Waals surface area contributed by atoms with Gasteiger partial charge in [0.05, 0.1) is 6.54 Å². The third-order valence-electron chi connectivity index (χ3n) is 2.67. The molecule has 0 spiro atoms. The summed E-state index contributed by atoms with van der Waals surface area (Å²) >= 11 is 1.74. The molecule has 0 saturated heterocycles. The summed E-state index contributed by atoms with van der Waals surface area (Å²) < 4.78 is 0. The lowest BCUT2D eigenvalue weighted by Gasteiger charge is -2.23. The molecule has 0 aliphatic carbocycles. The third kappa shape index (κ3) is 2.94. The Kier molecular flexibility index (Phi) is 3.94. The molecule has 2 aromatic rings. The molecule has 0 atom stereocenters. The number of amidine groups is 1. The normalized spacial score (nSPS) is 10.2. The summed E-state index contributed by atoms with van der Waals surface area (Å²) in [5.41, 5.74) is 0.978. The molecule has 1 aromatic heterocycles. The highest BCUT2D eigenvalue weighted by Crippen LogP contribution is 2.14. The van der Waals surface area contributed by atoms with Crippen molar-refractivity contribution < 1.29 is 0 Å². The van der Waals surface area contributed by atoms with Crippen LogP contribution in [0.3, 0.4) is 0 Å². The molecule has 0 unspecified atom stereocenters. The van der Waals surface area contributed by atoms with Crippen LogP contribution in [-0.4, -0.2) is 17.3 Å². The first-order chi connectivity index (χ1) is 8.31. The van der Waals surface area contributed by atoms with Crippen LogP contribution in [0.4, 0.5) is 0 Å². The molecule has 3 heteroatoms. The van der Waals surface area contributed by atoms with E-state index in [1.807, 2.05) is 30.3 Å². The largest absolute Gasteiger partial charge is 0.352 e. The Labute approximate surface area is 106 Å². The van der Waals surface area contributed by atoms with Gasteiger partial charge in [-0.25, -0.2) is 0 Å². The number of hydrogen-bond donors (Lipinski definition) is 1. The van der Waals surface area contributed by atoms with E-state index in [1.54, 1.807) is 11.3 Å². The van der Waals surface area contributed by atoms with E-state index in [4.69, 9.17) is 5.41 Å². The number of nitrogens with one attached hydrogen (secondary N) is 1. The van der Waals surface area contributed by atoms with Crippen LogP contribution in [0.2, 0.25) is 0 Å². The third-order valence-corrected chi connectivity index (χ3v) is 3.53. The van der Waals surface area contributed by atoms with Crippen LogP contribution >= 0.6 is 11.3 Å². The Morgan fingerprint density at radius 2 is 1.94 bits per heavy atom. The maximum atomic E-state index is 8.22. The van der Waals surface area contributed by atoms with Gasteiger partial charge in [-0.3, -0.25) is 5.41 Å². The van der Waals surface area contributed by atoms with Crippen LogP contribution in [-0.2, 0) is 6.54 Å². The highest BCUT2D eigenvalue weighted by molar-refractivity contribution is 7.09. The van der Waals surface area contributed by atoms with Crippen LogP contribution in [0.1, 0.15) is 17.4 Å².